The van der Waals surface area contributed by atoms with Crippen LogP contribution in [0.1, 0.15) is 30.8 Å². The van der Waals surface area contributed by atoms with E-state index in [-0.39, 0.29) is 16.7 Å². The second kappa shape index (κ2) is 7.28. The molecule has 1 fully saturated rings. The number of thioether (sulfide) groups is 1. The van der Waals surface area contributed by atoms with Crippen LogP contribution in [0.25, 0.3) is 21.5 Å². The molecular formula is C18H19N3O3S2. The van der Waals surface area contributed by atoms with Gasteiger partial charge < -0.3 is 14.7 Å². The molecule has 1 aliphatic carbocycles. The van der Waals surface area contributed by atoms with Crippen molar-refractivity contribution in [1.82, 2.24) is 15.3 Å². The molecule has 0 aromatic carbocycles. The van der Waals surface area contributed by atoms with E-state index in [4.69, 9.17) is 4.42 Å². The first-order valence-electron chi connectivity index (χ1n) is 8.55. The summed E-state index contributed by atoms with van der Waals surface area (Å²) in [4.78, 5) is 32.6. The molecule has 3 aromatic rings. The molecule has 1 atom stereocenters. The molecular weight excluding hydrogens is 370 g/mol. The zero-order chi connectivity index (χ0) is 18.1. The van der Waals surface area contributed by atoms with Crippen LogP contribution in [0.5, 0.6) is 0 Å². The molecule has 1 saturated carbocycles. The fourth-order valence-electron chi connectivity index (χ4n) is 2.68. The van der Waals surface area contributed by atoms with Crippen LogP contribution in [-0.2, 0) is 4.79 Å². The number of fused-ring (bicyclic) bond motifs is 1. The molecule has 4 rings (SSSR count). The van der Waals surface area contributed by atoms with Gasteiger partial charge in [-0.15, -0.1) is 23.1 Å². The summed E-state index contributed by atoms with van der Waals surface area (Å²) >= 11 is 2.89. The van der Waals surface area contributed by atoms with Crippen molar-refractivity contribution in [1.29, 1.82) is 0 Å². The van der Waals surface area contributed by atoms with E-state index < -0.39 is 0 Å². The number of rotatable bonds is 7. The Kier molecular flexibility index (Phi) is 4.86. The highest BCUT2D eigenvalue weighted by Gasteiger charge is 2.22. The lowest BCUT2D eigenvalue weighted by Gasteiger charge is -2.10. The number of aromatic amines is 1. The van der Waals surface area contributed by atoms with Crippen LogP contribution in [0.2, 0.25) is 0 Å². The molecule has 2 N–H and O–H groups in total. The van der Waals surface area contributed by atoms with Crippen molar-refractivity contribution in [2.45, 2.75) is 25.0 Å². The normalized spacial score (nSPS) is 15.3. The highest BCUT2D eigenvalue weighted by Crippen LogP contribution is 2.33. The van der Waals surface area contributed by atoms with E-state index in [1.165, 1.54) is 35.9 Å². The van der Waals surface area contributed by atoms with Crippen molar-refractivity contribution >= 4 is 39.2 Å². The maximum absolute atomic E-state index is 12.6. The van der Waals surface area contributed by atoms with E-state index in [1.54, 1.807) is 12.3 Å². The summed E-state index contributed by atoms with van der Waals surface area (Å²) in [5, 5.41) is 5.31. The molecule has 3 heterocycles. The molecule has 1 unspecified atom stereocenters. The molecule has 0 bridgehead atoms. The average Bonchev–Trinajstić information content (AvgIpc) is 3.12. The van der Waals surface area contributed by atoms with Crippen LogP contribution >= 0.6 is 23.1 Å². The topological polar surface area (TPSA) is 88.0 Å². The lowest BCUT2D eigenvalue weighted by molar-refractivity contribution is -0.118. The summed E-state index contributed by atoms with van der Waals surface area (Å²) in [5.41, 5.74) is 0.582. The minimum Gasteiger partial charge on any atom is -0.464 e. The van der Waals surface area contributed by atoms with Crippen molar-refractivity contribution in [3.8, 4) is 11.3 Å². The van der Waals surface area contributed by atoms with E-state index in [2.05, 4.69) is 15.3 Å². The minimum absolute atomic E-state index is 0.0356. The Hall–Kier alpha value is -2.06. The minimum atomic E-state index is -0.178. The van der Waals surface area contributed by atoms with Gasteiger partial charge in [0.1, 0.15) is 16.4 Å². The largest absolute Gasteiger partial charge is 0.464 e. The van der Waals surface area contributed by atoms with Gasteiger partial charge in [0.05, 0.1) is 22.7 Å². The lowest BCUT2D eigenvalue weighted by atomic mass is 10.2. The smallest absolute Gasteiger partial charge is 0.260 e. The fraction of sp³-hybridized carbons (Fsp3) is 0.389. The van der Waals surface area contributed by atoms with Gasteiger partial charge in [0.25, 0.3) is 5.56 Å². The number of nitrogens with one attached hydrogen (secondary N) is 2. The van der Waals surface area contributed by atoms with Gasteiger partial charge in [-0.25, -0.2) is 4.98 Å². The maximum atomic E-state index is 12.6. The van der Waals surface area contributed by atoms with Crippen molar-refractivity contribution in [3.63, 3.8) is 0 Å². The Morgan fingerprint density at radius 2 is 2.38 bits per heavy atom. The van der Waals surface area contributed by atoms with Gasteiger partial charge in [-0.1, -0.05) is 0 Å². The molecule has 136 valence electrons. The molecule has 0 spiro atoms. The summed E-state index contributed by atoms with van der Waals surface area (Å²) in [7, 11) is 0. The number of carbonyl (C=O) groups excluding carboxylic acids is 1. The molecule has 3 aromatic heterocycles. The standard InChI is InChI=1S/C18H19N3O3S2/c1-10(25-9-14(22)19-7-11-4-5-11)16-20-17(23)15-12(8-26-18(15)21-16)13-3-2-6-24-13/h2-3,6,8,10-11H,4-5,7,9H2,1H3,(H,19,22)(H,20,21,23). The van der Waals surface area contributed by atoms with Gasteiger partial charge in [0.2, 0.25) is 5.91 Å². The van der Waals surface area contributed by atoms with E-state index >= 15 is 0 Å². The van der Waals surface area contributed by atoms with Crippen molar-refractivity contribution < 1.29 is 9.21 Å². The van der Waals surface area contributed by atoms with Crippen LogP contribution in [0.3, 0.4) is 0 Å². The Balaban J connectivity index is 1.48. The van der Waals surface area contributed by atoms with E-state index in [9.17, 15) is 9.59 Å². The monoisotopic (exact) mass is 389 g/mol. The zero-order valence-corrected chi connectivity index (χ0v) is 15.9. The van der Waals surface area contributed by atoms with E-state index in [1.807, 2.05) is 18.4 Å². The Bertz CT molecular complexity index is 973. The second-order valence-corrected chi connectivity index (χ2v) is 8.65. The predicted octanol–water partition coefficient (Wildman–Crippen LogP) is 3.57. The number of hydrogen-bond donors (Lipinski definition) is 2. The first kappa shape index (κ1) is 17.4. The quantitative estimate of drug-likeness (QED) is 0.645. The molecule has 6 nitrogen and oxygen atoms in total. The van der Waals surface area contributed by atoms with Crippen molar-refractivity contribution in [2.75, 3.05) is 12.3 Å². The molecule has 8 heteroatoms. The summed E-state index contributed by atoms with van der Waals surface area (Å²) < 4.78 is 5.41. The summed E-state index contributed by atoms with van der Waals surface area (Å²) in [6.45, 7) is 2.73. The van der Waals surface area contributed by atoms with Crippen LogP contribution in [0, 0.1) is 5.92 Å². The number of amides is 1. The first-order chi connectivity index (χ1) is 12.6. The third-order valence-corrected chi connectivity index (χ3v) is 6.41. The van der Waals surface area contributed by atoms with Gasteiger partial charge in [0, 0.05) is 17.5 Å². The SMILES string of the molecule is CC(SCC(=O)NCC1CC1)c1nc2scc(-c3ccco3)c2c(=O)[nH]1. The highest BCUT2D eigenvalue weighted by atomic mass is 32.2. The lowest BCUT2D eigenvalue weighted by Crippen LogP contribution is -2.27. The van der Waals surface area contributed by atoms with Crippen LogP contribution in [-0.4, -0.2) is 28.2 Å². The summed E-state index contributed by atoms with van der Waals surface area (Å²) in [5.74, 6) is 2.32. The number of aromatic nitrogens is 2. The molecule has 0 saturated heterocycles. The summed E-state index contributed by atoms with van der Waals surface area (Å²) in [6.07, 6.45) is 4.02. The second-order valence-electron chi connectivity index (χ2n) is 6.46. The number of furan rings is 1. The van der Waals surface area contributed by atoms with Crippen LogP contribution in [0.4, 0.5) is 0 Å². The molecule has 0 radical (unpaired) electrons. The van der Waals surface area contributed by atoms with Gasteiger partial charge in [-0.3, -0.25) is 9.59 Å². The number of hydrogen-bond acceptors (Lipinski definition) is 6. The number of carbonyl (C=O) groups is 1. The van der Waals surface area contributed by atoms with Gasteiger partial charge in [-0.2, -0.15) is 0 Å². The Morgan fingerprint density at radius 3 is 3.12 bits per heavy atom. The highest BCUT2D eigenvalue weighted by molar-refractivity contribution is 8.00. The van der Waals surface area contributed by atoms with Crippen molar-refractivity contribution in [2.24, 2.45) is 5.92 Å². The number of nitrogens with zero attached hydrogens (tertiary/aromatic N) is 1. The van der Waals surface area contributed by atoms with Gasteiger partial charge >= 0.3 is 0 Å². The third-order valence-electron chi connectivity index (χ3n) is 4.38. The number of thiophene rings is 1. The van der Waals surface area contributed by atoms with Crippen LogP contribution in [0.15, 0.2) is 33.0 Å². The van der Waals surface area contributed by atoms with E-state index in [0.29, 0.717) is 33.5 Å². The molecule has 26 heavy (non-hydrogen) atoms. The molecule has 0 aliphatic heterocycles. The Labute approximate surface area is 158 Å². The van der Waals surface area contributed by atoms with Gasteiger partial charge in [-0.05, 0) is 37.8 Å². The Morgan fingerprint density at radius 1 is 1.54 bits per heavy atom. The first-order valence-corrected chi connectivity index (χ1v) is 10.5. The number of H-pyrrole nitrogens is 1. The van der Waals surface area contributed by atoms with Gasteiger partial charge in [0.15, 0.2) is 0 Å². The van der Waals surface area contributed by atoms with E-state index in [0.717, 1.165) is 12.1 Å². The summed E-state index contributed by atoms with van der Waals surface area (Å²) in [6, 6.07) is 3.62. The fourth-order valence-corrected chi connectivity index (χ4v) is 4.39. The molecule has 1 amide bonds. The average molecular weight is 390 g/mol. The predicted molar refractivity (Wildman–Crippen MR) is 105 cm³/mol. The maximum Gasteiger partial charge on any atom is 0.260 e. The zero-order valence-electron chi connectivity index (χ0n) is 14.3. The molecule has 1 aliphatic rings. The van der Waals surface area contributed by atoms with Crippen molar-refractivity contribution in [3.05, 3.63) is 40.0 Å². The third kappa shape index (κ3) is 3.71. The van der Waals surface area contributed by atoms with Crippen LogP contribution < -0.4 is 10.9 Å².